The van der Waals surface area contributed by atoms with Gasteiger partial charge in [-0.15, -0.1) is 0 Å². The van der Waals surface area contributed by atoms with E-state index in [2.05, 4.69) is 4.18 Å². The lowest BCUT2D eigenvalue weighted by molar-refractivity contribution is -0.0442. The van der Waals surface area contributed by atoms with Crippen molar-refractivity contribution in [2.24, 2.45) is 0 Å². The van der Waals surface area contributed by atoms with Crippen LogP contribution in [0.15, 0.2) is 99.6 Å². The lowest BCUT2D eigenvalue weighted by atomic mass is 10.2. The first-order valence-corrected chi connectivity index (χ1v) is 13.5. The fourth-order valence-corrected chi connectivity index (χ4v) is 6.82. The average Bonchev–Trinajstić information content (AvgIpc) is 2.75. The molecule has 3 aromatic carbocycles. The number of sulfonamides is 1. The highest BCUT2D eigenvalue weighted by Gasteiger charge is 2.48. The molecule has 0 radical (unpaired) electrons. The van der Waals surface area contributed by atoms with Crippen LogP contribution in [0.25, 0.3) is 0 Å². The molecule has 0 atom stereocenters. The minimum Gasteiger partial charge on any atom is -0.257 e. The van der Waals surface area contributed by atoms with E-state index in [1.807, 2.05) is 72.8 Å². The van der Waals surface area contributed by atoms with Crippen LogP contribution in [0, 0.1) is 0 Å². The Morgan fingerprint density at radius 2 is 1.18 bits per heavy atom. The molecule has 33 heavy (non-hydrogen) atoms. The number of alkyl halides is 3. The minimum atomic E-state index is -6.08. The van der Waals surface area contributed by atoms with Crippen LogP contribution in [0.1, 0.15) is 5.56 Å². The first-order valence-electron chi connectivity index (χ1n) is 9.41. The third-order valence-corrected chi connectivity index (χ3v) is 9.27. The molecule has 0 saturated carbocycles. The normalized spacial score (nSPS) is 12.7. The van der Waals surface area contributed by atoms with Crippen LogP contribution in [0.3, 0.4) is 0 Å². The predicted octanol–water partition coefficient (Wildman–Crippen LogP) is 4.03. The highest BCUT2D eigenvalue weighted by molar-refractivity contribution is 8.03. The lowest BCUT2D eigenvalue weighted by Gasteiger charge is -2.10. The van der Waals surface area contributed by atoms with Crippen molar-refractivity contribution in [1.82, 2.24) is 4.13 Å². The zero-order chi connectivity index (χ0) is 24.1. The molecule has 0 spiro atoms. The largest absolute Gasteiger partial charge is 0.512 e. The summed E-state index contributed by atoms with van der Waals surface area (Å²) in [4.78, 5) is 3.24. The Morgan fingerprint density at radius 1 is 0.727 bits per heavy atom. The van der Waals surface area contributed by atoms with Crippen LogP contribution in [0.4, 0.5) is 13.2 Å². The van der Waals surface area contributed by atoms with Gasteiger partial charge in [-0.05, 0) is 48.4 Å². The lowest BCUT2D eigenvalue weighted by Crippen LogP contribution is -2.41. The van der Waals surface area contributed by atoms with Crippen LogP contribution in [-0.4, -0.2) is 29.0 Å². The summed E-state index contributed by atoms with van der Waals surface area (Å²) in [5.41, 5.74) is -5.11. The van der Waals surface area contributed by atoms with E-state index in [9.17, 15) is 30.0 Å². The molecule has 0 aromatic heterocycles. The van der Waals surface area contributed by atoms with Crippen LogP contribution in [-0.2, 0) is 41.8 Å². The third kappa shape index (κ3) is 6.81. The van der Waals surface area contributed by atoms with Crippen LogP contribution in [0.5, 0.6) is 0 Å². The first kappa shape index (κ1) is 25.2. The number of benzene rings is 3. The van der Waals surface area contributed by atoms with Gasteiger partial charge in [0.15, 0.2) is 14.7 Å². The molecule has 176 valence electrons. The van der Waals surface area contributed by atoms with Crippen molar-refractivity contribution < 1.29 is 34.2 Å². The zero-order valence-electron chi connectivity index (χ0n) is 16.9. The van der Waals surface area contributed by atoms with Crippen molar-refractivity contribution in [3.8, 4) is 0 Å². The number of rotatable bonds is 9. The summed E-state index contributed by atoms with van der Waals surface area (Å²) in [6.45, 7) is -0.537. The SMILES string of the molecule is O=S(=O)(NS(=O)(=O)C(F)(F)F)OCCc1ccc([S+](c2ccccc2)c2ccccc2)cc1. The standard InChI is InChI=1S/C21H19F3NO5S3/c22-21(23,24)32(26,27)25-33(28,29)30-16-15-17-11-13-20(14-12-17)31(18-7-3-1-4-8-18)19-9-5-2-6-10-19/h1-14,25H,15-16H2/q+1. The fraction of sp³-hybridized carbons (Fsp3) is 0.143. The Labute approximate surface area is 193 Å². The van der Waals surface area contributed by atoms with E-state index in [1.165, 1.54) is 0 Å². The highest BCUT2D eigenvalue weighted by atomic mass is 32.3. The maximum Gasteiger partial charge on any atom is 0.512 e. The number of hydrogen-bond donors (Lipinski definition) is 1. The van der Waals surface area contributed by atoms with Gasteiger partial charge < -0.3 is 0 Å². The molecule has 0 heterocycles. The van der Waals surface area contributed by atoms with Gasteiger partial charge in [0.25, 0.3) is 0 Å². The van der Waals surface area contributed by atoms with Gasteiger partial charge in [0.2, 0.25) is 0 Å². The fourth-order valence-electron chi connectivity index (χ4n) is 2.79. The van der Waals surface area contributed by atoms with Crippen molar-refractivity contribution in [3.05, 3.63) is 90.5 Å². The van der Waals surface area contributed by atoms with Crippen molar-refractivity contribution >= 4 is 31.2 Å². The number of halogens is 3. The Morgan fingerprint density at radius 3 is 1.64 bits per heavy atom. The molecule has 0 aliphatic heterocycles. The molecule has 3 aromatic rings. The molecule has 12 heteroatoms. The molecule has 0 unspecified atom stereocenters. The summed E-state index contributed by atoms with van der Waals surface area (Å²) in [5.74, 6) is 0. The van der Waals surface area contributed by atoms with Gasteiger partial charge in [-0.25, -0.2) is 8.42 Å². The van der Waals surface area contributed by atoms with Gasteiger partial charge in [0.05, 0.1) is 17.5 Å². The van der Waals surface area contributed by atoms with E-state index < -0.39 is 32.4 Å². The average molecular weight is 519 g/mol. The maximum absolute atomic E-state index is 12.3. The van der Waals surface area contributed by atoms with Crippen LogP contribution < -0.4 is 4.13 Å². The van der Waals surface area contributed by atoms with E-state index in [4.69, 9.17) is 0 Å². The van der Waals surface area contributed by atoms with Crippen molar-refractivity contribution in [1.29, 1.82) is 0 Å². The summed E-state index contributed by atoms with van der Waals surface area (Å²) >= 11 is 0. The Balaban J connectivity index is 1.70. The van der Waals surface area contributed by atoms with Crippen molar-refractivity contribution in [2.45, 2.75) is 26.6 Å². The molecule has 0 amide bonds. The number of nitrogens with one attached hydrogen (secondary N) is 1. The highest BCUT2D eigenvalue weighted by Crippen LogP contribution is 2.31. The van der Waals surface area contributed by atoms with Gasteiger partial charge in [-0.2, -0.15) is 21.6 Å². The summed E-state index contributed by atoms with van der Waals surface area (Å²) < 4.78 is 86.8. The van der Waals surface area contributed by atoms with Gasteiger partial charge in [-0.1, -0.05) is 52.7 Å². The molecule has 6 nitrogen and oxygen atoms in total. The molecule has 1 N–H and O–H groups in total. The van der Waals surface area contributed by atoms with E-state index in [0.717, 1.165) is 14.7 Å². The summed E-state index contributed by atoms with van der Waals surface area (Å²) in [6, 6.07) is 27.1. The topological polar surface area (TPSA) is 89.5 Å². The van der Waals surface area contributed by atoms with Gasteiger partial charge in [0, 0.05) is 0 Å². The van der Waals surface area contributed by atoms with Crippen LogP contribution in [0.2, 0.25) is 0 Å². The maximum atomic E-state index is 12.3. The molecule has 0 aliphatic rings. The van der Waals surface area contributed by atoms with E-state index >= 15 is 0 Å². The summed E-state index contributed by atoms with van der Waals surface area (Å²) in [6.07, 6.45) is 0.0394. The second-order valence-electron chi connectivity index (χ2n) is 6.63. The third-order valence-electron chi connectivity index (χ3n) is 4.26. The molecule has 0 saturated heterocycles. The van der Waals surface area contributed by atoms with Crippen molar-refractivity contribution in [2.75, 3.05) is 6.61 Å². The first-order chi connectivity index (χ1) is 15.5. The predicted molar refractivity (Wildman–Crippen MR) is 118 cm³/mol. The molecular weight excluding hydrogens is 499 g/mol. The molecule has 0 bridgehead atoms. The Kier molecular flexibility index (Phi) is 7.85. The second kappa shape index (κ2) is 10.3. The van der Waals surface area contributed by atoms with Gasteiger partial charge in [-0.3, -0.25) is 4.18 Å². The quantitative estimate of drug-likeness (QED) is 0.432. The van der Waals surface area contributed by atoms with E-state index in [0.29, 0.717) is 9.69 Å². The summed E-state index contributed by atoms with van der Waals surface area (Å²) in [5, 5.41) is 0. The molecule has 0 fully saturated rings. The number of hydrogen-bond acceptors (Lipinski definition) is 5. The van der Waals surface area contributed by atoms with E-state index in [-0.39, 0.29) is 17.3 Å². The molecule has 3 rings (SSSR count). The minimum absolute atomic E-state index is 0.0394. The second-order valence-corrected chi connectivity index (χ2v) is 11.9. The van der Waals surface area contributed by atoms with Gasteiger partial charge >= 0.3 is 25.8 Å². The Hall–Kier alpha value is -2.38. The zero-order valence-corrected chi connectivity index (χ0v) is 19.3. The smallest absolute Gasteiger partial charge is 0.257 e. The molecular formula is C21H19F3NO5S3+. The van der Waals surface area contributed by atoms with Gasteiger partial charge in [0.1, 0.15) is 0 Å². The molecule has 0 aliphatic carbocycles. The van der Waals surface area contributed by atoms with Crippen LogP contribution >= 0.6 is 0 Å². The Bertz CT molecular complexity index is 1230. The van der Waals surface area contributed by atoms with E-state index in [1.54, 1.807) is 12.1 Å². The monoisotopic (exact) mass is 518 g/mol. The van der Waals surface area contributed by atoms with Crippen molar-refractivity contribution in [3.63, 3.8) is 0 Å². The summed E-state index contributed by atoms with van der Waals surface area (Å²) in [7, 11) is -11.6.